The Labute approximate surface area is 218 Å². The topological polar surface area (TPSA) is 92.8 Å². The third-order valence-corrected chi connectivity index (χ3v) is 7.52. The van der Waals surface area contributed by atoms with Gasteiger partial charge in [-0.1, -0.05) is 53.5 Å². The van der Waals surface area contributed by atoms with E-state index in [2.05, 4.69) is 5.32 Å². The van der Waals surface area contributed by atoms with Crippen LogP contribution in [0.4, 0.5) is 11.4 Å². The Kier molecular flexibility index (Phi) is 7.49. The number of nitrogens with zero attached hydrogens (tertiary/aromatic N) is 1. The van der Waals surface area contributed by atoms with E-state index in [0.29, 0.717) is 22.0 Å². The van der Waals surface area contributed by atoms with Crippen LogP contribution in [0.1, 0.15) is 10.4 Å². The van der Waals surface area contributed by atoms with Crippen molar-refractivity contribution in [1.82, 2.24) is 0 Å². The van der Waals surface area contributed by atoms with Crippen molar-refractivity contribution in [2.75, 3.05) is 23.3 Å². The number of ether oxygens (including phenoxy) is 1. The lowest BCUT2D eigenvalue weighted by Crippen LogP contribution is -2.36. The molecule has 4 aromatic rings. The first kappa shape index (κ1) is 25.5. The van der Waals surface area contributed by atoms with E-state index < -0.39 is 22.5 Å². The number of carbonyl (C=O) groups excluding carboxylic acids is 2. The molecule has 0 fully saturated rings. The first-order chi connectivity index (χ1) is 17.2. The summed E-state index contributed by atoms with van der Waals surface area (Å²) < 4.78 is 32.6. The molecule has 0 heterocycles. The Morgan fingerprint density at radius 2 is 1.50 bits per heavy atom. The highest BCUT2D eigenvalue weighted by Crippen LogP contribution is 2.30. The van der Waals surface area contributed by atoms with Gasteiger partial charge >= 0.3 is 5.97 Å². The van der Waals surface area contributed by atoms with Crippen LogP contribution in [0.25, 0.3) is 10.8 Å². The summed E-state index contributed by atoms with van der Waals surface area (Å²) in [5.41, 5.74) is 1.33. The Balaban J connectivity index is 1.71. The highest BCUT2D eigenvalue weighted by atomic mass is 35.5. The Bertz CT molecular complexity index is 1540. The lowest BCUT2D eigenvalue weighted by Gasteiger charge is -2.24. The van der Waals surface area contributed by atoms with E-state index >= 15 is 0 Å². The van der Waals surface area contributed by atoms with Crippen molar-refractivity contribution in [3.8, 4) is 0 Å². The van der Waals surface area contributed by atoms with Crippen LogP contribution in [0.3, 0.4) is 0 Å². The van der Waals surface area contributed by atoms with Crippen molar-refractivity contribution in [2.24, 2.45) is 0 Å². The van der Waals surface area contributed by atoms with Crippen LogP contribution < -0.4 is 9.62 Å². The summed E-state index contributed by atoms with van der Waals surface area (Å²) in [6.07, 6.45) is 0. The molecule has 7 nitrogen and oxygen atoms in total. The quantitative estimate of drug-likeness (QED) is 0.299. The van der Waals surface area contributed by atoms with E-state index in [1.165, 1.54) is 25.3 Å². The van der Waals surface area contributed by atoms with Gasteiger partial charge in [0.05, 0.1) is 17.7 Å². The SMILES string of the molecule is COC(=O)CN(c1ccc2cc(C(=O)Nc3ccccc3)ccc2c1)S(=O)(=O)c1cc(Cl)cc(Cl)c1. The minimum absolute atomic E-state index is 0.138. The predicted molar refractivity (Wildman–Crippen MR) is 141 cm³/mol. The molecule has 0 unspecified atom stereocenters. The normalized spacial score (nSPS) is 11.2. The number of hydrogen-bond acceptors (Lipinski definition) is 5. The molecule has 36 heavy (non-hydrogen) atoms. The number of rotatable bonds is 7. The number of nitrogens with one attached hydrogen (secondary N) is 1. The van der Waals surface area contributed by atoms with E-state index in [1.807, 2.05) is 18.2 Å². The molecule has 0 saturated heterocycles. The summed E-state index contributed by atoms with van der Waals surface area (Å²) in [5, 5.41) is 4.48. The molecule has 0 radical (unpaired) electrons. The minimum atomic E-state index is -4.23. The highest BCUT2D eigenvalue weighted by Gasteiger charge is 2.28. The van der Waals surface area contributed by atoms with Gasteiger partial charge in [-0.3, -0.25) is 13.9 Å². The summed E-state index contributed by atoms with van der Waals surface area (Å²) >= 11 is 12.0. The van der Waals surface area contributed by atoms with Gasteiger partial charge in [0.2, 0.25) is 0 Å². The van der Waals surface area contributed by atoms with Gasteiger partial charge < -0.3 is 10.1 Å². The summed E-state index contributed by atoms with van der Waals surface area (Å²) in [5.74, 6) is -1.03. The third-order valence-electron chi connectivity index (χ3n) is 5.33. The van der Waals surface area contributed by atoms with Crippen molar-refractivity contribution in [1.29, 1.82) is 0 Å². The predicted octanol–water partition coefficient (Wildman–Crippen LogP) is 5.77. The lowest BCUT2D eigenvalue weighted by molar-refractivity contribution is -0.138. The minimum Gasteiger partial charge on any atom is -0.468 e. The molecule has 0 aliphatic rings. The van der Waals surface area contributed by atoms with Crippen molar-refractivity contribution in [3.05, 3.63) is 101 Å². The molecule has 4 rings (SSSR count). The maximum atomic E-state index is 13.5. The fourth-order valence-electron chi connectivity index (χ4n) is 3.56. The number of esters is 1. The molecule has 0 aliphatic heterocycles. The van der Waals surface area contributed by atoms with E-state index in [4.69, 9.17) is 27.9 Å². The van der Waals surface area contributed by atoms with Crippen molar-refractivity contribution in [2.45, 2.75) is 4.90 Å². The number of fused-ring (bicyclic) bond motifs is 1. The molecule has 4 aromatic carbocycles. The lowest BCUT2D eigenvalue weighted by atomic mass is 10.1. The van der Waals surface area contributed by atoms with Crippen LogP contribution in [0.15, 0.2) is 89.8 Å². The number of anilines is 2. The molecular weight excluding hydrogens is 523 g/mol. The van der Waals surface area contributed by atoms with Crippen molar-refractivity contribution in [3.63, 3.8) is 0 Å². The number of methoxy groups -OCH3 is 1. The maximum Gasteiger partial charge on any atom is 0.326 e. The number of para-hydroxylation sites is 1. The monoisotopic (exact) mass is 542 g/mol. The number of amides is 1. The van der Waals surface area contributed by atoms with Crippen LogP contribution in [0, 0.1) is 0 Å². The number of hydrogen-bond donors (Lipinski definition) is 1. The fraction of sp³-hybridized carbons (Fsp3) is 0.0769. The van der Waals surface area contributed by atoms with E-state index in [9.17, 15) is 18.0 Å². The zero-order chi connectivity index (χ0) is 25.9. The number of halogens is 2. The third kappa shape index (κ3) is 5.62. The molecule has 0 atom stereocenters. The van der Waals surface area contributed by atoms with Gasteiger partial charge in [0.25, 0.3) is 15.9 Å². The zero-order valence-electron chi connectivity index (χ0n) is 18.9. The van der Waals surface area contributed by atoms with Crippen molar-refractivity contribution >= 4 is 67.2 Å². The van der Waals surface area contributed by atoms with Crippen molar-refractivity contribution < 1.29 is 22.7 Å². The van der Waals surface area contributed by atoms with Gasteiger partial charge in [-0.05, 0) is 65.4 Å². The van der Waals surface area contributed by atoms with Gasteiger partial charge in [0.1, 0.15) is 6.54 Å². The first-order valence-electron chi connectivity index (χ1n) is 10.6. The van der Waals surface area contributed by atoms with E-state index in [1.54, 1.807) is 48.5 Å². The zero-order valence-corrected chi connectivity index (χ0v) is 21.3. The molecule has 10 heteroatoms. The number of benzene rings is 4. The average Bonchev–Trinajstić information content (AvgIpc) is 2.86. The summed E-state index contributed by atoms with van der Waals surface area (Å²) in [7, 11) is -3.06. The van der Waals surface area contributed by atoms with Crippen LogP contribution in [0.2, 0.25) is 10.0 Å². The second kappa shape index (κ2) is 10.6. The first-order valence-corrected chi connectivity index (χ1v) is 12.8. The summed E-state index contributed by atoms with van der Waals surface area (Å²) in [6.45, 7) is -0.563. The molecule has 0 bridgehead atoms. The second-order valence-corrected chi connectivity index (χ2v) is 10.5. The standard InChI is InChI=1S/C26H20Cl2N2O5S/c1-35-25(31)16-30(36(33,34)24-14-20(27)13-21(28)15-24)23-10-9-17-11-19(8-7-18(17)12-23)26(32)29-22-5-3-2-4-6-22/h2-15H,16H2,1H3,(H,29,32). The fourth-order valence-corrected chi connectivity index (χ4v) is 5.68. The molecule has 0 aliphatic carbocycles. The molecule has 184 valence electrons. The largest absolute Gasteiger partial charge is 0.468 e. The molecular formula is C26H20Cl2N2O5S. The van der Waals surface area contributed by atoms with E-state index in [-0.39, 0.29) is 26.5 Å². The molecule has 0 aromatic heterocycles. The summed E-state index contributed by atoms with van der Waals surface area (Å²) in [4.78, 5) is 24.6. The van der Waals surface area contributed by atoms with Gasteiger partial charge in [0, 0.05) is 21.3 Å². The van der Waals surface area contributed by atoms with Crippen LogP contribution in [-0.2, 0) is 19.6 Å². The highest BCUT2D eigenvalue weighted by molar-refractivity contribution is 7.92. The van der Waals surface area contributed by atoms with Gasteiger partial charge in [-0.15, -0.1) is 0 Å². The molecule has 1 N–H and O–H groups in total. The molecule has 0 spiro atoms. The smallest absolute Gasteiger partial charge is 0.326 e. The number of carbonyl (C=O) groups is 2. The second-order valence-electron chi connectivity index (χ2n) is 7.76. The maximum absolute atomic E-state index is 13.5. The van der Waals surface area contributed by atoms with Crippen LogP contribution in [-0.4, -0.2) is 33.9 Å². The molecule has 0 saturated carbocycles. The van der Waals surface area contributed by atoms with Gasteiger partial charge in [-0.25, -0.2) is 8.42 Å². The van der Waals surface area contributed by atoms with Gasteiger partial charge in [0.15, 0.2) is 0 Å². The Morgan fingerprint density at radius 1 is 0.861 bits per heavy atom. The molecule has 1 amide bonds. The average molecular weight is 543 g/mol. The summed E-state index contributed by atoms with van der Waals surface area (Å²) in [6, 6.07) is 22.9. The van der Waals surface area contributed by atoms with Crippen LogP contribution >= 0.6 is 23.2 Å². The van der Waals surface area contributed by atoms with E-state index in [0.717, 1.165) is 4.31 Å². The Hall–Kier alpha value is -3.59. The van der Waals surface area contributed by atoms with Crippen LogP contribution in [0.5, 0.6) is 0 Å². The van der Waals surface area contributed by atoms with Gasteiger partial charge in [-0.2, -0.15) is 0 Å². The Morgan fingerprint density at radius 3 is 2.17 bits per heavy atom. The number of sulfonamides is 1.